The number of carbonyl (C=O) groups excluding carboxylic acids is 1. The van der Waals surface area contributed by atoms with Crippen LogP contribution >= 0.6 is 23.2 Å². The number of likely N-dealkylation sites (tertiary alicyclic amines) is 1. The SMILES string of the molecule is O=C(C1CCS(=O)(=O)CC1)N1CCC(c2c(Cl)cccc2Cl)CC1. The van der Waals surface area contributed by atoms with Gasteiger partial charge in [-0.15, -0.1) is 0 Å². The van der Waals surface area contributed by atoms with Crippen molar-refractivity contribution in [2.45, 2.75) is 31.6 Å². The Kier molecular flexibility index (Phi) is 5.42. The van der Waals surface area contributed by atoms with Crippen molar-refractivity contribution in [3.8, 4) is 0 Å². The number of sulfone groups is 1. The van der Waals surface area contributed by atoms with Crippen LogP contribution in [0.1, 0.15) is 37.2 Å². The van der Waals surface area contributed by atoms with E-state index >= 15 is 0 Å². The summed E-state index contributed by atoms with van der Waals surface area (Å²) >= 11 is 12.6. The lowest BCUT2D eigenvalue weighted by atomic mass is 9.88. The Morgan fingerprint density at radius 3 is 2.08 bits per heavy atom. The van der Waals surface area contributed by atoms with E-state index in [1.54, 1.807) is 0 Å². The monoisotopic (exact) mass is 389 g/mol. The fourth-order valence-corrected chi connectivity index (χ4v) is 5.88. The van der Waals surface area contributed by atoms with Gasteiger partial charge in [0.15, 0.2) is 0 Å². The summed E-state index contributed by atoms with van der Waals surface area (Å²) in [6, 6.07) is 5.54. The molecule has 1 aromatic carbocycles. The molecule has 1 aromatic rings. The largest absolute Gasteiger partial charge is 0.342 e. The highest BCUT2D eigenvalue weighted by molar-refractivity contribution is 7.91. The van der Waals surface area contributed by atoms with Crippen molar-refractivity contribution in [2.75, 3.05) is 24.6 Å². The second-order valence-electron chi connectivity index (χ2n) is 6.66. The lowest BCUT2D eigenvalue weighted by molar-refractivity contribution is -0.136. The zero-order valence-electron chi connectivity index (χ0n) is 13.4. The van der Waals surface area contributed by atoms with Crippen molar-refractivity contribution in [2.24, 2.45) is 5.92 Å². The molecule has 4 nitrogen and oxygen atoms in total. The van der Waals surface area contributed by atoms with Gasteiger partial charge in [0.1, 0.15) is 9.84 Å². The van der Waals surface area contributed by atoms with Gasteiger partial charge >= 0.3 is 0 Å². The molecule has 0 aliphatic carbocycles. The maximum absolute atomic E-state index is 12.6. The third-order valence-corrected chi connectivity index (χ3v) is 7.49. The molecule has 3 rings (SSSR count). The number of hydrogen-bond acceptors (Lipinski definition) is 3. The van der Waals surface area contributed by atoms with Gasteiger partial charge in [-0.2, -0.15) is 0 Å². The quantitative estimate of drug-likeness (QED) is 0.777. The van der Waals surface area contributed by atoms with E-state index in [2.05, 4.69) is 0 Å². The van der Waals surface area contributed by atoms with E-state index in [0.29, 0.717) is 36.0 Å². The lowest BCUT2D eigenvalue weighted by Gasteiger charge is -2.35. The minimum absolute atomic E-state index is 0.105. The standard InChI is InChI=1S/C17H21Cl2NO3S/c18-14-2-1-3-15(19)16(14)12-4-8-20(9-5-12)17(21)13-6-10-24(22,23)11-7-13/h1-3,12-13H,4-11H2. The van der Waals surface area contributed by atoms with Gasteiger partial charge in [0.25, 0.3) is 0 Å². The number of amides is 1. The topological polar surface area (TPSA) is 54.5 Å². The molecule has 0 atom stereocenters. The summed E-state index contributed by atoms with van der Waals surface area (Å²) in [7, 11) is -2.93. The van der Waals surface area contributed by atoms with Crippen LogP contribution in [0.3, 0.4) is 0 Å². The molecule has 0 aromatic heterocycles. The number of carbonyl (C=O) groups is 1. The molecule has 1 amide bonds. The van der Waals surface area contributed by atoms with Crippen LogP contribution in [-0.2, 0) is 14.6 Å². The minimum Gasteiger partial charge on any atom is -0.342 e. The summed E-state index contributed by atoms with van der Waals surface area (Å²) < 4.78 is 23.0. The molecular formula is C17H21Cl2NO3S. The van der Waals surface area contributed by atoms with Crippen LogP contribution in [0.2, 0.25) is 10.0 Å². The van der Waals surface area contributed by atoms with Gasteiger partial charge in [-0.25, -0.2) is 8.42 Å². The molecule has 7 heteroatoms. The molecule has 2 aliphatic heterocycles. The smallest absolute Gasteiger partial charge is 0.225 e. The first-order valence-electron chi connectivity index (χ1n) is 8.30. The first-order valence-corrected chi connectivity index (χ1v) is 10.9. The van der Waals surface area contributed by atoms with Crippen molar-refractivity contribution in [1.29, 1.82) is 0 Å². The van der Waals surface area contributed by atoms with Gasteiger partial charge < -0.3 is 4.90 Å². The summed E-state index contributed by atoms with van der Waals surface area (Å²) in [5.41, 5.74) is 0.983. The summed E-state index contributed by atoms with van der Waals surface area (Å²) in [5, 5.41) is 1.37. The Hall–Kier alpha value is -0.780. The van der Waals surface area contributed by atoms with Crippen molar-refractivity contribution in [3.05, 3.63) is 33.8 Å². The third kappa shape index (κ3) is 3.89. The fourth-order valence-electron chi connectivity index (χ4n) is 3.68. The normalized spacial score (nSPS) is 22.5. The van der Waals surface area contributed by atoms with Crippen LogP contribution in [0, 0.1) is 5.92 Å². The highest BCUT2D eigenvalue weighted by atomic mass is 35.5. The van der Waals surface area contributed by atoms with Gasteiger partial charge in [-0.05, 0) is 49.3 Å². The highest BCUT2D eigenvalue weighted by Crippen LogP contribution is 2.38. The van der Waals surface area contributed by atoms with Gasteiger partial charge in [0.05, 0.1) is 11.5 Å². The first-order chi connectivity index (χ1) is 11.4. The molecule has 0 unspecified atom stereocenters. The van der Waals surface area contributed by atoms with Gasteiger partial charge in [0.2, 0.25) is 5.91 Å². The van der Waals surface area contributed by atoms with E-state index < -0.39 is 9.84 Å². The zero-order chi connectivity index (χ0) is 17.3. The fraction of sp³-hybridized carbons (Fsp3) is 0.588. The lowest BCUT2D eigenvalue weighted by Crippen LogP contribution is -2.43. The van der Waals surface area contributed by atoms with E-state index in [4.69, 9.17) is 23.2 Å². The minimum atomic E-state index is -2.93. The third-order valence-electron chi connectivity index (χ3n) is 5.12. The Morgan fingerprint density at radius 2 is 1.54 bits per heavy atom. The number of halogens is 2. The van der Waals surface area contributed by atoms with E-state index in [-0.39, 0.29) is 29.2 Å². The van der Waals surface area contributed by atoms with Crippen LogP contribution in [0.5, 0.6) is 0 Å². The number of nitrogens with zero attached hydrogens (tertiary/aromatic N) is 1. The van der Waals surface area contributed by atoms with Crippen LogP contribution in [0.25, 0.3) is 0 Å². The zero-order valence-corrected chi connectivity index (χ0v) is 15.7. The maximum Gasteiger partial charge on any atom is 0.225 e. The molecule has 2 saturated heterocycles. The van der Waals surface area contributed by atoms with Gasteiger partial charge in [0, 0.05) is 29.1 Å². The Bertz CT molecular complexity index is 693. The number of hydrogen-bond donors (Lipinski definition) is 0. The Morgan fingerprint density at radius 1 is 1.00 bits per heavy atom. The molecule has 2 aliphatic rings. The van der Waals surface area contributed by atoms with Crippen LogP contribution < -0.4 is 0 Å². The highest BCUT2D eigenvalue weighted by Gasteiger charge is 2.33. The number of piperidine rings is 1. The van der Waals surface area contributed by atoms with Crippen LogP contribution in [-0.4, -0.2) is 43.8 Å². The number of benzene rings is 1. The molecule has 24 heavy (non-hydrogen) atoms. The van der Waals surface area contributed by atoms with Gasteiger partial charge in [-0.1, -0.05) is 29.3 Å². The van der Waals surface area contributed by atoms with Crippen LogP contribution in [0.4, 0.5) is 0 Å². The predicted octanol–water partition coefficient (Wildman–Crippen LogP) is 3.52. The summed E-state index contributed by atoms with van der Waals surface area (Å²) in [5.74, 6) is 0.495. The molecule has 2 fully saturated rings. The molecule has 0 spiro atoms. The first kappa shape index (κ1) is 18.0. The summed E-state index contributed by atoms with van der Waals surface area (Å²) in [6.45, 7) is 1.35. The van der Waals surface area contributed by atoms with Gasteiger partial charge in [-0.3, -0.25) is 4.79 Å². The molecular weight excluding hydrogens is 369 g/mol. The molecule has 132 valence electrons. The second kappa shape index (κ2) is 7.22. The van der Waals surface area contributed by atoms with E-state index in [1.807, 2.05) is 23.1 Å². The Balaban J connectivity index is 1.60. The van der Waals surface area contributed by atoms with Crippen LogP contribution in [0.15, 0.2) is 18.2 Å². The summed E-state index contributed by atoms with van der Waals surface area (Å²) in [4.78, 5) is 14.5. The van der Waals surface area contributed by atoms with E-state index in [1.165, 1.54) is 0 Å². The molecule has 2 heterocycles. The Labute approximate surface area is 153 Å². The molecule has 0 saturated carbocycles. The van der Waals surface area contributed by atoms with E-state index in [0.717, 1.165) is 18.4 Å². The van der Waals surface area contributed by atoms with Crippen molar-refractivity contribution in [3.63, 3.8) is 0 Å². The van der Waals surface area contributed by atoms with E-state index in [9.17, 15) is 13.2 Å². The molecule has 0 N–H and O–H groups in total. The van der Waals surface area contributed by atoms with Crippen molar-refractivity contribution < 1.29 is 13.2 Å². The van der Waals surface area contributed by atoms with Crippen molar-refractivity contribution in [1.82, 2.24) is 4.90 Å². The molecule has 0 bridgehead atoms. The number of rotatable bonds is 2. The average molecular weight is 390 g/mol. The van der Waals surface area contributed by atoms with Crippen molar-refractivity contribution >= 4 is 38.9 Å². The maximum atomic E-state index is 12.6. The summed E-state index contributed by atoms with van der Waals surface area (Å²) in [6.07, 6.45) is 2.58. The molecule has 0 radical (unpaired) electrons. The predicted molar refractivity (Wildman–Crippen MR) is 96.4 cm³/mol. The second-order valence-corrected chi connectivity index (χ2v) is 9.78. The average Bonchev–Trinajstić information content (AvgIpc) is 2.55.